The van der Waals surface area contributed by atoms with Gasteiger partial charge in [-0.1, -0.05) is 18.9 Å². The highest BCUT2D eigenvalue weighted by Crippen LogP contribution is 2.20. The number of nitrogens with one attached hydrogen (secondary N) is 4. The average molecular weight is 465 g/mol. The van der Waals surface area contributed by atoms with Crippen molar-refractivity contribution in [3.05, 3.63) is 23.8 Å². The highest BCUT2D eigenvalue weighted by Gasteiger charge is 2.08. The number of carbonyl (C=O) groups excluding carboxylic acids is 4. The number of methoxy groups -OCH3 is 2. The standard InChI is InChI=1S/C23H36N4O6/c1-17-12-13-18(26-22(30)24-14-8-4-6-10-20(28)32-2)16-19(17)27-23(31)25-15-9-5-7-11-21(29)33-3/h12-13,16H,4-11,14-15H2,1-3H3,(H2,24,26,30)(H2,25,27,31). The molecular weight excluding hydrogens is 428 g/mol. The number of hydrogen-bond donors (Lipinski definition) is 4. The summed E-state index contributed by atoms with van der Waals surface area (Å²) in [5.41, 5.74) is 2.01. The number of unbranched alkanes of at least 4 members (excludes halogenated alkanes) is 4. The lowest BCUT2D eigenvalue weighted by Gasteiger charge is -2.13. The number of ether oxygens (including phenoxy) is 2. The summed E-state index contributed by atoms with van der Waals surface area (Å²) in [6.07, 6.45) is 5.34. The first kappa shape index (κ1) is 27.7. The zero-order chi connectivity index (χ0) is 24.5. The molecule has 1 rings (SSSR count). The van der Waals surface area contributed by atoms with Gasteiger partial charge in [0.1, 0.15) is 0 Å². The summed E-state index contributed by atoms with van der Waals surface area (Å²) < 4.78 is 9.17. The van der Waals surface area contributed by atoms with Crippen molar-refractivity contribution in [3.8, 4) is 0 Å². The van der Waals surface area contributed by atoms with Crippen LogP contribution in [0.5, 0.6) is 0 Å². The van der Waals surface area contributed by atoms with Crippen LogP contribution in [-0.4, -0.2) is 51.3 Å². The van der Waals surface area contributed by atoms with E-state index in [0.29, 0.717) is 37.3 Å². The van der Waals surface area contributed by atoms with Gasteiger partial charge < -0.3 is 30.7 Å². The Labute approximate surface area is 195 Å². The Morgan fingerprint density at radius 3 is 1.76 bits per heavy atom. The molecule has 0 fully saturated rings. The number of amides is 4. The molecule has 0 heterocycles. The van der Waals surface area contributed by atoms with Gasteiger partial charge in [0.15, 0.2) is 0 Å². The third-order valence-corrected chi connectivity index (χ3v) is 4.89. The van der Waals surface area contributed by atoms with Gasteiger partial charge in [0.2, 0.25) is 0 Å². The molecule has 0 aliphatic heterocycles. The minimum absolute atomic E-state index is 0.228. The maximum atomic E-state index is 12.1. The Morgan fingerprint density at radius 2 is 1.24 bits per heavy atom. The fourth-order valence-electron chi connectivity index (χ4n) is 2.93. The second kappa shape index (κ2) is 16.3. The highest BCUT2D eigenvalue weighted by atomic mass is 16.5. The molecule has 4 amide bonds. The number of carbonyl (C=O) groups is 4. The van der Waals surface area contributed by atoms with Crippen LogP contribution in [0.3, 0.4) is 0 Å². The molecule has 0 atom stereocenters. The van der Waals surface area contributed by atoms with Crippen LogP contribution in [0.4, 0.5) is 21.0 Å². The van der Waals surface area contributed by atoms with Gasteiger partial charge >= 0.3 is 24.0 Å². The molecule has 0 unspecified atom stereocenters. The van der Waals surface area contributed by atoms with Crippen LogP contribution in [0, 0.1) is 6.92 Å². The van der Waals surface area contributed by atoms with E-state index in [-0.39, 0.29) is 24.0 Å². The molecule has 0 saturated carbocycles. The lowest BCUT2D eigenvalue weighted by atomic mass is 10.2. The Kier molecular flexibility index (Phi) is 13.7. The van der Waals surface area contributed by atoms with Crippen LogP contribution in [0.15, 0.2) is 18.2 Å². The van der Waals surface area contributed by atoms with E-state index < -0.39 is 0 Å². The second-order valence-electron chi connectivity index (χ2n) is 7.57. The van der Waals surface area contributed by atoms with Crippen LogP contribution in [0.2, 0.25) is 0 Å². The molecule has 0 bridgehead atoms. The Morgan fingerprint density at radius 1 is 0.727 bits per heavy atom. The van der Waals surface area contributed by atoms with Crippen molar-refractivity contribution >= 4 is 35.4 Å². The lowest BCUT2D eigenvalue weighted by molar-refractivity contribution is -0.141. The molecule has 0 spiro atoms. The average Bonchev–Trinajstić information content (AvgIpc) is 2.80. The second-order valence-corrected chi connectivity index (χ2v) is 7.57. The van der Waals surface area contributed by atoms with Gasteiger partial charge in [-0.25, -0.2) is 9.59 Å². The maximum Gasteiger partial charge on any atom is 0.319 e. The van der Waals surface area contributed by atoms with Crippen LogP contribution < -0.4 is 21.3 Å². The van der Waals surface area contributed by atoms with Gasteiger partial charge in [-0.05, 0) is 50.3 Å². The minimum Gasteiger partial charge on any atom is -0.469 e. The number of benzene rings is 1. The molecule has 4 N–H and O–H groups in total. The predicted molar refractivity (Wildman–Crippen MR) is 126 cm³/mol. The van der Waals surface area contributed by atoms with Crippen LogP contribution >= 0.6 is 0 Å². The van der Waals surface area contributed by atoms with Crippen LogP contribution in [0.1, 0.15) is 56.9 Å². The summed E-state index contributed by atoms with van der Waals surface area (Å²) in [5.74, 6) is -0.456. The SMILES string of the molecule is COC(=O)CCCCCNC(=O)Nc1ccc(C)c(NC(=O)NCCCCCC(=O)OC)c1. The number of urea groups is 2. The van der Waals surface area contributed by atoms with Crippen LogP contribution in [-0.2, 0) is 19.1 Å². The Bertz CT molecular complexity index is 784. The van der Waals surface area contributed by atoms with Crippen molar-refractivity contribution in [2.45, 2.75) is 58.3 Å². The molecule has 0 aliphatic rings. The summed E-state index contributed by atoms with van der Waals surface area (Å²) in [5, 5.41) is 11.1. The molecule has 1 aromatic carbocycles. The van der Waals surface area contributed by atoms with E-state index in [1.807, 2.05) is 13.0 Å². The van der Waals surface area contributed by atoms with Crippen LogP contribution in [0.25, 0.3) is 0 Å². The van der Waals surface area contributed by atoms with Crippen molar-refractivity contribution in [2.75, 3.05) is 37.9 Å². The number of esters is 2. The number of rotatable bonds is 14. The van der Waals surface area contributed by atoms with Gasteiger partial charge in [-0.3, -0.25) is 9.59 Å². The first-order valence-electron chi connectivity index (χ1n) is 11.2. The predicted octanol–water partition coefficient (Wildman–Crippen LogP) is 3.70. The smallest absolute Gasteiger partial charge is 0.319 e. The summed E-state index contributed by atoms with van der Waals surface area (Å²) in [7, 11) is 2.73. The first-order chi connectivity index (χ1) is 15.8. The van der Waals surface area contributed by atoms with Crippen molar-refractivity contribution in [1.82, 2.24) is 10.6 Å². The molecule has 0 saturated heterocycles. The molecule has 33 heavy (non-hydrogen) atoms. The van der Waals surface area contributed by atoms with Crippen molar-refractivity contribution in [3.63, 3.8) is 0 Å². The largest absolute Gasteiger partial charge is 0.469 e. The fourth-order valence-corrected chi connectivity index (χ4v) is 2.93. The third-order valence-electron chi connectivity index (χ3n) is 4.89. The van der Waals surface area contributed by atoms with Crippen molar-refractivity contribution < 1.29 is 28.7 Å². The number of anilines is 2. The van der Waals surface area contributed by atoms with Gasteiger partial charge in [0, 0.05) is 37.3 Å². The van der Waals surface area contributed by atoms with E-state index in [0.717, 1.165) is 44.1 Å². The van der Waals surface area contributed by atoms with Gasteiger partial charge in [0.05, 0.1) is 14.2 Å². The highest BCUT2D eigenvalue weighted by molar-refractivity contribution is 5.93. The number of hydrogen-bond acceptors (Lipinski definition) is 6. The van der Waals surface area contributed by atoms with Crippen molar-refractivity contribution in [1.29, 1.82) is 0 Å². The third kappa shape index (κ3) is 13.0. The zero-order valence-corrected chi connectivity index (χ0v) is 19.8. The molecule has 10 heteroatoms. The molecular formula is C23H36N4O6. The van der Waals surface area contributed by atoms with E-state index in [2.05, 4.69) is 30.7 Å². The monoisotopic (exact) mass is 464 g/mol. The van der Waals surface area contributed by atoms with Gasteiger partial charge in [-0.15, -0.1) is 0 Å². The van der Waals surface area contributed by atoms with E-state index in [4.69, 9.17) is 0 Å². The molecule has 1 aromatic rings. The quantitative estimate of drug-likeness (QED) is 0.245. The van der Waals surface area contributed by atoms with Gasteiger partial charge in [0.25, 0.3) is 0 Å². The van der Waals surface area contributed by atoms with E-state index in [9.17, 15) is 19.2 Å². The first-order valence-corrected chi connectivity index (χ1v) is 11.2. The Balaban J connectivity index is 2.31. The lowest BCUT2D eigenvalue weighted by Crippen LogP contribution is -2.30. The van der Waals surface area contributed by atoms with Gasteiger partial charge in [-0.2, -0.15) is 0 Å². The number of aryl methyl sites for hydroxylation is 1. The van der Waals surface area contributed by atoms with E-state index >= 15 is 0 Å². The Hall–Kier alpha value is -3.30. The van der Waals surface area contributed by atoms with Crippen molar-refractivity contribution in [2.24, 2.45) is 0 Å². The molecule has 0 aromatic heterocycles. The van der Waals surface area contributed by atoms with E-state index in [1.54, 1.807) is 12.1 Å². The molecule has 184 valence electrons. The fraction of sp³-hybridized carbons (Fsp3) is 0.565. The molecule has 0 aliphatic carbocycles. The zero-order valence-electron chi connectivity index (χ0n) is 19.8. The topological polar surface area (TPSA) is 135 Å². The summed E-state index contributed by atoms with van der Waals surface area (Å²) in [6, 6.07) is 4.59. The minimum atomic E-state index is -0.339. The molecule has 0 radical (unpaired) electrons. The maximum absolute atomic E-state index is 12.1. The molecule has 10 nitrogen and oxygen atoms in total. The normalized spacial score (nSPS) is 10.2. The summed E-state index contributed by atoms with van der Waals surface area (Å²) in [6.45, 7) is 2.85. The van der Waals surface area contributed by atoms with E-state index in [1.165, 1.54) is 14.2 Å². The summed E-state index contributed by atoms with van der Waals surface area (Å²) >= 11 is 0. The summed E-state index contributed by atoms with van der Waals surface area (Å²) in [4.78, 5) is 46.3.